The van der Waals surface area contributed by atoms with E-state index in [1.807, 2.05) is 37.5 Å². The van der Waals surface area contributed by atoms with Crippen molar-refractivity contribution >= 4 is 58.7 Å². The van der Waals surface area contributed by atoms with Gasteiger partial charge in [0, 0.05) is 44.3 Å². The third-order valence-electron chi connectivity index (χ3n) is 3.81. The number of pyridine rings is 1. The molecule has 3 heterocycles. The van der Waals surface area contributed by atoms with Crippen LogP contribution in [0.2, 0.25) is 4.34 Å². The molecule has 130 valence electrons. The zero-order valence-corrected chi connectivity index (χ0v) is 17.4. The van der Waals surface area contributed by atoms with Gasteiger partial charge in [-0.3, -0.25) is 4.99 Å². The summed E-state index contributed by atoms with van der Waals surface area (Å²) < 4.78 is 0.820. The smallest absolute Gasteiger partial charge is 0.194 e. The second-order valence-electron chi connectivity index (χ2n) is 5.27. The van der Waals surface area contributed by atoms with Gasteiger partial charge >= 0.3 is 0 Å². The summed E-state index contributed by atoms with van der Waals surface area (Å²) in [6.45, 7) is 4.51. The Labute approximate surface area is 168 Å². The summed E-state index contributed by atoms with van der Waals surface area (Å²) in [5.41, 5.74) is 0. The second kappa shape index (κ2) is 9.43. The van der Waals surface area contributed by atoms with Crippen LogP contribution >= 0.6 is 46.9 Å². The maximum absolute atomic E-state index is 5.97. The number of aliphatic imine (C=N–C) groups is 1. The number of piperazine rings is 1. The highest BCUT2D eigenvalue weighted by atomic mass is 127. The Hall–Kier alpha value is -1.06. The molecule has 0 aromatic carbocycles. The van der Waals surface area contributed by atoms with Gasteiger partial charge in [-0.15, -0.1) is 35.3 Å². The summed E-state index contributed by atoms with van der Waals surface area (Å²) in [6, 6.07) is 10.0. The van der Waals surface area contributed by atoms with Gasteiger partial charge in [-0.2, -0.15) is 0 Å². The van der Waals surface area contributed by atoms with Crippen molar-refractivity contribution in [3.8, 4) is 0 Å². The number of hydrogen-bond acceptors (Lipinski definition) is 4. The number of thiophene rings is 1. The van der Waals surface area contributed by atoms with E-state index in [0.29, 0.717) is 0 Å². The van der Waals surface area contributed by atoms with Crippen molar-refractivity contribution in [2.45, 2.75) is 6.54 Å². The number of anilines is 1. The molecule has 1 fully saturated rings. The Morgan fingerprint density at radius 3 is 2.62 bits per heavy atom. The molecule has 0 radical (unpaired) electrons. The van der Waals surface area contributed by atoms with E-state index in [2.05, 4.69) is 31.2 Å². The summed E-state index contributed by atoms with van der Waals surface area (Å²) in [6.07, 6.45) is 1.84. The highest BCUT2D eigenvalue weighted by molar-refractivity contribution is 14.0. The van der Waals surface area contributed by atoms with E-state index in [9.17, 15) is 0 Å². The third-order valence-corrected chi connectivity index (χ3v) is 5.05. The third kappa shape index (κ3) is 4.97. The van der Waals surface area contributed by atoms with Crippen molar-refractivity contribution in [1.82, 2.24) is 15.2 Å². The van der Waals surface area contributed by atoms with Crippen LogP contribution in [0.5, 0.6) is 0 Å². The molecule has 2 aromatic heterocycles. The summed E-state index contributed by atoms with van der Waals surface area (Å²) in [5.74, 6) is 1.98. The van der Waals surface area contributed by atoms with Crippen LogP contribution in [-0.4, -0.2) is 49.1 Å². The number of rotatable bonds is 3. The van der Waals surface area contributed by atoms with Gasteiger partial charge in [0.25, 0.3) is 0 Å². The van der Waals surface area contributed by atoms with E-state index in [1.165, 1.54) is 4.88 Å². The standard InChI is InChI=1S/C16H20ClN5S.HI/c1-18-16(20-12-13-5-6-14(17)23-13)22-10-8-21(9-11-22)15-4-2-3-7-19-15;/h2-7H,8-12H2,1H3,(H,18,20);1H. The monoisotopic (exact) mass is 477 g/mol. The fourth-order valence-electron chi connectivity index (χ4n) is 2.63. The SMILES string of the molecule is CN=C(NCc1ccc(Cl)s1)N1CCN(c2ccccn2)CC1.I. The minimum atomic E-state index is 0. The van der Waals surface area contributed by atoms with Gasteiger partial charge in [0.15, 0.2) is 5.96 Å². The molecular formula is C16H21ClIN5S. The summed E-state index contributed by atoms with van der Waals surface area (Å²) in [4.78, 5) is 14.6. The number of halogens is 2. The van der Waals surface area contributed by atoms with E-state index in [1.54, 1.807) is 11.3 Å². The maximum atomic E-state index is 5.97. The molecule has 1 saturated heterocycles. The normalized spacial score (nSPS) is 15.2. The highest BCUT2D eigenvalue weighted by Gasteiger charge is 2.20. The molecule has 0 unspecified atom stereocenters. The van der Waals surface area contributed by atoms with Crippen LogP contribution in [0.25, 0.3) is 0 Å². The first kappa shape index (κ1) is 19.3. The van der Waals surface area contributed by atoms with Gasteiger partial charge in [-0.1, -0.05) is 17.7 Å². The van der Waals surface area contributed by atoms with E-state index >= 15 is 0 Å². The van der Waals surface area contributed by atoms with Crippen molar-refractivity contribution in [2.24, 2.45) is 4.99 Å². The van der Waals surface area contributed by atoms with Crippen LogP contribution < -0.4 is 10.2 Å². The molecule has 1 aliphatic heterocycles. The Bertz CT molecular complexity index is 655. The van der Waals surface area contributed by atoms with Crippen LogP contribution in [0.1, 0.15) is 4.88 Å². The number of hydrogen-bond donors (Lipinski definition) is 1. The van der Waals surface area contributed by atoms with Crippen molar-refractivity contribution in [1.29, 1.82) is 0 Å². The lowest BCUT2D eigenvalue weighted by Crippen LogP contribution is -2.52. The van der Waals surface area contributed by atoms with Crippen LogP contribution in [0.4, 0.5) is 5.82 Å². The zero-order valence-electron chi connectivity index (χ0n) is 13.5. The minimum absolute atomic E-state index is 0. The largest absolute Gasteiger partial charge is 0.353 e. The molecule has 0 aliphatic carbocycles. The van der Waals surface area contributed by atoms with E-state index in [-0.39, 0.29) is 24.0 Å². The van der Waals surface area contributed by atoms with Crippen molar-refractivity contribution in [2.75, 3.05) is 38.1 Å². The number of aromatic nitrogens is 1. The first-order valence-electron chi connectivity index (χ1n) is 7.62. The lowest BCUT2D eigenvalue weighted by Gasteiger charge is -2.37. The molecule has 0 atom stereocenters. The summed E-state index contributed by atoms with van der Waals surface area (Å²) in [7, 11) is 1.83. The molecule has 0 saturated carbocycles. The molecule has 3 rings (SSSR count). The van der Waals surface area contributed by atoms with Gasteiger partial charge in [0.05, 0.1) is 10.9 Å². The average Bonchev–Trinajstić information content (AvgIpc) is 3.02. The van der Waals surface area contributed by atoms with Crippen LogP contribution in [0.15, 0.2) is 41.5 Å². The fourth-order valence-corrected chi connectivity index (χ4v) is 3.66. The topological polar surface area (TPSA) is 43.8 Å². The Morgan fingerprint density at radius 2 is 2.04 bits per heavy atom. The first-order chi connectivity index (χ1) is 11.3. The molecule has 0 spiro atoms. The molecule has 2 aromatic rings. The van der Waals surface area contributed by atoms with Gasteiger partial charge in [0.1, 0.15) is 5.82 Å². The predicted molar refractivity (Wildman–Crippen MR) is 113 cm³/mol. The molecule has 0 amide bonds. The van der Waals surface area contributed by atoms with Gasteiger partial charge in [-0.05, 0) is 24.3 Å². The fraction of sp³-hybridized carbons (Fsp3) is 0.375. The molecular weight excluding hydrogens is 457 g/mol. The van der Waals surface area contributed by atoms with Crippen molar-refractivity contribution < 1.29 is 0 Å². The predicted octanol–water partition coefficient (Wildman–Crippen LogP) is 3.31. The molecule has 0 bridgehead atoms. The molecule has 8 heteroatoms. The Balaban J connectivity index is 0.00000208. The summed E-state index contributed by atoms with van der Waals surface area (Å²) in [5, 5.41) is 3.42. The van der Waals surface area contributed by atoms with Gasteiger partial charge in [0.2, 0.25) is 0 Å². The van der Waals surface area contributed by atoms with Crippen molar-refractivity contribution in [3.63, 3.8) is 0 Å². The number of nitrogens with one attached hydrogen (secondary N) is 1. The van der Waals surface area contributed by atoms with Gasteiger partial charge < -0.3 is 15.1 Å². The number of guanidine groups is 1. The second-order valence-corrected chi connectivity index (χ2v) is 7.07. The number of nitrogens with zero attached hydrogens (tertiary/aromatic N) is 4. The highest BCUT2D eigenvalue weighted by Crippen LogP contribution is 2.21. The maximum Gasteiger partial charge on any atom is 0.194 e. The Kier molecular flexibility index (Phi) is 7.57. The quantitative estimate of drug-likeness (QED) is 0.418. The molecule has 24 heavy (non-hydrogen) atoms. The lowest BCUT2D eigenvalue weighted by molar-refractivity contribution is 0.371. The minimum Gasteiger partial charge on any atom is -0.353 e. The van der Waals surface area contributed by atoms with E-state index < -0.39 is 0 Å². The lowest BCUT2D eigenvalue weighted by atomic mass is 10.3. The first-order valence-corrected chi connectivity index (χ1v) is 8.81. The zero-order chi connectivity index (χ0) is 16.1. The van der Waals surface area contributed by atoms with Gasteiger partial charge in [-0.25, -0.2) is 4.98 Å². The molecule has 1 aliphatic rings. The van der Waals surface area contributed by atoms with E-state index in [4.69, 9.17) is 11.6 Å². The summed E-state index contributed by atoms with van der Waals surface area (Å²) >= 11 is 7.57. The van der Waals surface area contributed by atoms with E-state index in [0.717, 1.165) is 48.8 Å². The van der Waals surface area contributed by atoms with Crippen LogP contribution in [0.3, 0.4) is 0 Å². The average molecular weight is 478 g/mol. The molecule has 1 N–H and O–H groups in total. The Morgan fingerprint density at radius 1 is 1.25 bits per heavy atom. The van der Waals surface area contributed by atoms with Crippen LogP contribution in [-0.2, 0) is 6.54 Å². The van der Waals surface area contributed by atoms with Crippen molar-refractivity contribution in [3.05, 3.63) is 45.7 Å². The van der Waals surface area contributed by atoms with Crippen LogP contribution in [0, 0.1) is 0 Å². The molecule has 5 nitrogen and oxygen atoms in total.